The van der Waals surface area contributed by atoms with E-state index in [2.05, 4.69) is 79.6 Å². The third-order valence-corrected chi connectivity index (χ3v) is 25.9. The van der Waals surface area contributed by atoms with Crippen LogP contribution in [-0.2, 0) is 91.7 Å². The van der Waals surface area contributed by atoms with E-state index in [1.54, 1.807) is 114 Å². The third kappa shape index (κ3) is 42.7. The van der Waals surface area contributed by atoms with Crippen molar-refractivity contribution in [1.29, 1.82) is 0 Å². The van der Waals surface area contributed by atoms with Gasteiger partial charge in [0.05, 0.1) is 85.0 Å². The fourth-order valence-electron chi connectivity index (χ4n) is 11.4. The topological polar surface area (TPSA) is 742 Å². The molecular formula is C84H87N15Na6O30S9. The molecule has 9 N–H and O–H groups in total. The monoisotopic (exact) mass is 2210 g/mol. The minimum absolute atomic E-state index is 0. The molecule has 0 unspecified atom stereocenters. The van der Waals surface area contributed by atoms with Gasteiger partial charge in [0, 0.05) is 39.3 Å². The first-order valence-electron chi connectivity index (χ1n) is 38.5. The number of fused-ring (bicyclic) bond motifs is 3. The molecule has 12 aromatic carbocycles. The molecule has 738 valence electrons. The van der Waals surface area contributed by atoms with Crippen LogP contribution < -0.4 is 209 Å². The van der Waals surface area contributed by atoms with Crippen molar-refractivity contribution in [2.75, 3.05) is 76.9 Å². The van der Waals surface area contributed by atoms with E-state index in [1.165, 1.54) is 78.9 Å². The van der Waals surface area contributed by atoms with Crippen molar-refractivity contribution < 1.29 is 309 Å². The average Bonchev–Trinajstić information content (AvgIpc) is 0.767. The smallest absolute Gasteiger partial charge is 0.744 e. The molecule has 0 spiro atoms. The second-order valence-electron chi connectivity index (χ2n) is 27.4. The van der Waals surface area contributed by atoms with Crippen LogP contribution in [-0.4, -0.2) is 177 Å². The number of anilines is 3. The van der Waals surface area contributed by atoms with Crippen molar-refractivity contribution in [3.63, 3.8) is 0 Å². The van der Waals surface area contributed by atoms with E-state index in [9.17, 15) is 79.5 Å². The first kappa shape index (κ1) is 140. The van der Waals surface area contributed by atoms with Gasteiger partial charge in [-0.05, 0) is 113 Å². The van der Waals surface area contributed by atoms with E-state index in [0.717, 1.165) is 34.9 Å². The fraction of sp³-hybridized carbons (Fsp3) is 0.214. The normalized spacial score (nSPS) is 11.0. The minimum Gasteiger partial charge on any atom is -0.744 e. The number of phenols is 3. The molecule has 0 saturated heterocycles. The Morgan fingerprint density at radius 1 is 0.312 bits per heavy atom. The van der Waals surface area contributed by atoms with E-state index in [1.807, 2.05) is 57.2 Å². The molecule has 45 nitrogen and oxygen atoms in total. The van der Waals surface area contributed by atoms with Gasteiger partial charge >= 0.3 is 209 Å². The molecule has 12 aromatic rings. The molecule has 0 bridgehead atoms. The van der Waals surface area contributed by atoms with Crippen LogP contribution in [0.3, 0.4) is 0 Å². The molecule has 0 aliphatic heterocycles. The Bertz CT molecular complexity index is 7100. The number of aromatic hydroxyl groups is 3. The standard InChI is InChI=1S/3C19H18N5O5S.3C9H12O2S.6Na.3O3S/c3*1-10-7-14(15(29-3)9-13(10)22-21-2)23-24-18-16(30(26,27)28)8-11-5-4-6-12(20)17(11)19(18)25;3*1-3-12(10,11)9-6-4-8(2)5-7-9;;;;;;;3*1-4(2)3/h3*5-9,25H,20H2,1-3H3,(H,26,27,28);3*4-7H,3H2,1-2H3;;;;;;;;;/q3*-1;;;;6*+1;;;/p-3. The van der Waals surface area contributed by atoms with Crippen LogP contribution in [0.4, 0.5) is 68.2 Å². The quantitative estimate of drug-likeness (QED) is 0.0139. The Morgan fingerprint density at radius 2 is 0.507 bits per heavy atom. The summed E-state index contributed by atoms with van der Waals surface area (Å²) in [5.41, 5.74) is 24.1. The number of rotatable bonds is 21. The average molecular weight is 2210 g/mol. The van der Waals surface area contributed by atoms with Crippen LogP contribution in [0.5, 0.6) is 34.5 Å². The Kier molecular flexibility index (Phi) is 62.9. The molecule has 144 heavy (non-hydrogen) atoms. The summed E-state index contributed by atoms with van der Waals surface area (Å²) < 4.78 is 266. The zero-order valence-electron chi connectivity index (χ0n) is 81.3. The van der Waals surface area contributed by atoms with Crippen LogP contribution in [0.15, 0.2) is 255 Å². The van der Waals surface area contributed by atoms with Gasteiger partial charge in [-0.1, -0.05) is 125 Å². The molecule has 0 radical (unpaired) electrons. The number of sulfone groups is 3. The molecule has 0 aliphatic rings. The third-order valence-electron chi connectivity index (χ3n) is 18.1. The predicted octanol–water partition coefficient (Wildman–Crippen LogP) is -2.79. The van der Waals surface area contributed by atoms with Gasteiger partial charge in [-0.2, -0.15) is 85.3 Å². The van der Waals surface area contributed by atoms with Crippen LogP contribution in [0.25, 0.3) is 32.3 Å². The van der Waals surface area contributed by atoms with Crippen LogP contribution >= 0.6 is 0 Å². The van der Waals surface area contributed by atoms with Gasteiger partial charge in [-0.15, -0.1) is 84.7 Å². The number of phenolic OH excluding ortho intramolecular Hbond substituents is 3. The summed E-state index contributed by atoms with van der Waals surface area (Å²) in [6, 6.07) is 50.0. The molecule has 0 saturated carbocycles. The maximum absolute atomic E-state index is 11.8. The summed E-state index contributed by atoms with van der Waals surface area (Å²) in [6.07, 6.45) is 0. The van der Waals surface area contributed by atoms with Crippen molar-refractivity contribution in [3.05, 3.63) is 215 Å². The Labute approximate surface area is 968 Å². The van der Waals surface area contributed by atoms with Crippen LogP contribution in [0.2, 0.25) is 0 Å². The molecule has 0 atom stereocenters. The second kappa shape index (κ2) is 64.8. The number of hydrogen-bond acceptors (Lipinski definition) is 45. The maximum atomic E-state index is 11.8. The fourth-order valence-corrected chi connectivity index (χ4v) is 15.9. The van der Waals surface area contributed by atoms with Gasteiger partial charge < -0.3 is 60.4 Å². The van der Waals surface area contributed by atoms with Gasteiger partial charge in [0.25, 0.3) is 0 Å². The predicted molar refractivity (Wildman–Crippen MR) is 503 cm³/mol. The molecular weight excluding hydrogens is 2130 g/mol. The number of nitrogens with two attached hydrogens (primary N) is 3. The van der Waals surface area contributed by atoms with E-state index in [4.69, 9.17) is 69.3 Å². The van der Waals surface area contributed by atoms with Crippen molar-refractivity contribution >= 4 is 192 Å². The molecule has 0 heterocycles. The number of benzene rings is 12. The van der Waals surface area contributed by atoms with Gasteiger partial charge in [0.1, 0.15) is 99.0 Å². The maximum Gasteiger partial charge on any atom is 1.00 e. The molecule has 0 amide bonds. The number of methoxy groups -OCH3 is 3. The first-order valence-corrected chi connectivity index (χ1v) is 50.7. The minimum atomic E-state index is -4.98. The van der Waals surface area contributed by atoms with E-state index in [0.29, 0.717) is 48.4 Å². The van der Waals surface area contributed by atoms with Gasteiger partial charge in [-0.25, -0.2) is 50.5 Å². The number of azo groups is 6. The summed E-state index contributed by atoms with van der Waals surface area (Å²) in [6.45, 7) is 16.0. The van der Waals surface area contributed by atoms with E-state index < -0.39 is 141 Å². The number of aryl methyl sites for hydroxylation is 6. The van der Waals surface area contributed by atoms with Crippen LogP contribution in [0, 0.1) is 59.7 Å². The molecule has 60 heteroatoms. The van der Waals surface area contributed by atoms with E-state index in [-0.39, 0.29) is 278 Å². The summed E-state index contributed by atoms with van der Waals surface area (Å²) in [5.74, 6) is -0.395. The molecule has 12 rings (SSSR count). The SMILES string of the molecule is CCS(=O)(=O)c1ccc(C)cc1.CCS(=O)(=O)c1ccc(C)cc1.CCS(=O)(=O)c1ccc(C)cc1.CN=Nc1cc(OC)c(N=Nc2c(S(=O)(=O)[O-])cc3c[c-]cc(N)c3c2O)cc1C.CN=Nc1cc(OC)c(N=Nc2c(S(=O)(=O)[O-])cc3c[c-]cc(N)c3c2O)cc1C.CN=Nc1cc(OC)c(N=Nc2c(S(=O)(=O)[O-])cc3c[c-]cc(N)c3c2O)cc1C.O=S(=O)=O.O=S(=O)=O.O=S(=O)=O.[Na+].[Na+].[Na+].[Na+].[Na+].[Na+]. The van der Waals surface area contributed by atoms with Gasteiger partial charge in [-0.3, -0.25) is 0 Å². The van der Waals surface area contributed by atoms with Crippen molar-refractivity contribution in [3.8, 4) is 34.5 Å². The molecule has 0 fully saturated rings. The number of hydrogen-bond donors (Lipinski definition) is 6. The van der Waals surface area contributed by atoms with E-state index >= 15 is 0 Å². The van der Waals surface area contributed by atoms with Gasteiger partial charge in [0.15, 0.2) is 29.5 Å². The molecule has 0 aromatic heterocycles. The first-order chi connectivity index (χ1) is 64.4. The number of ether oxygens (including phenoxy) is 3. The largest absolute Gasteiger partial charge is 1.00 e. The zero-order chi connectivity index (χ0) is 104. The zero-order valence-corrected chi connectivity index (χ0v) is 101. The summed E-state index contributed by atoms with van der Waals surface area (Å²) >= 11 is 0. The summed E-state index contributed by atoms with van der Waals surface area (Å²) in [5, 5.41) is 79.6. The number of nitrogens with zero attached hydrogens (tertiary/aromatic N) is 12. The van der Waals surface area contributed by atoms with Crippen molar-refractivity contribution in [2.45, 2.75) is 91.7 Å². The van der Waals surface area contributed by atoms with Crippen LogP contribution in [0.1, 0.15) is 54.2 Å². The van der Waals surface area contributed by atoms with Gasteiger partial charge in [0.2, 0.25) is 0 Å². The number of nitrogen functional groups attached to an aromatic ring is 3. The summed E-state index contributed by atoms with van der Waals surface area (Å²) in [4.78, 5) is -0.964. The Morgan fingerprint density at radius 3 is 0.674 bits per heavy atom. The van der Waals surface area contributed by atoms with Crippen molar-refractivity contribution in [2.24, 2.45) is 61.4 Å². The second-order valence-corrected chi connectivity index (χ2v) is 39.5. The Balaban J connectivity index is -0.00000166. The Hall–Kier alpha value is -8.34. The van der Waals surface area contributed by atoms with Crippen molar-refractivity contribution in [1.82, 2.24) is 0 Å². The summed E-state index contributed by atoms with van der Waals surface area (Å²) in [7, 11) is -24.5. The molecule has 0 aliphatic carbocycles.